The lowest BCUT2D eigenvalue weighted by Gasteiger charge is -2.21. The van der Waals surface area contributed by atoms with Gasteiger partial charge in [-0.15, -0.1) is 0 Å². The van der Waals surface area contributed by atoms with Crippen molar-refractivity contribution in [2.24, 2.45) is 5.10 Å². The molecule has 0 saturated carbocycles. The molecule has 4 heteroatoms. The van der Waals surface area contributed by atoms with E-state index in [0.717, 1.165) is 18.9 Å². The first kappa shape index (κ1) is 13.8. The van der Waals surface area contributed by atoms with Crippen molar-refractivity contribution >= 4 is 18.0 Å². The number of nitrogens with zero attached hydrogens (tertiary/aromatic N) is 2. The maximum Gasteiger partial charge on any atom is 0.0704 e. The highest BCUT2D eigenvalue weighted by Gasteiger charge is 2.22. The fraction of sp³-hybridized carbons (Fsp3) is 0.917. The number of methoxy groups -OCH3 is 1. The van der Waals surface area contributed by atoms with Crippen LogP contribution in [0.4, 0.5) is 0 Å². The summed E-state index contributed by atoms with van der Waals surface area (Å²) < 4.78 is 5.52. The van der Waals surface area contributed by atoms with Gasteiger partial charge in [0.05, 0.1) is 12.6 Å². The van der Waals surface area contributed by atoms with E-state index in [1.165, 1.54) is 12.8 Å². The lowest BCUT2D eigenvalue weighted by Crippen LogP contribution is -2.28. The Balaban J connectivity index is 2.27. The van der Waals surface area contributed by atoms with Gasteiger partial charge in [-0.05, 0) is 12.8 Å². The van der Waals surface area contributed by atoms with Gasteiger partial charge in [0.15, 0.2) is 0 Å². The molecule has 0 aromatic heterocycles. The van der Waals surface area contributed by atoms with Gasteiger partial charge in [0.25, 0.3) is 0 Å². The molecule has 1 saturated heterocycles. The van der Waals surface area contributed by atoms with Gasteiger partial charge in [-0.1, -0.05) is 20.8 Å². The Kier molecular flexibility index (Phi) is 5.62. The van der Waals surface area contributed by atoms with Gasteiger partial charge in [0, 0.05) is 30.4 Å². The minimum absolute atomic E-state index is 0.322. The summed E-state index contributed by atoms with van der Waals surface area (Å²) in [4.78, 5) is 0. The second-order valence-electron chi connectivity index (χ2n) is 5.14. The van der Waals surface area contributed by atoms with Crippen molar-refractivity contribution < 1.29 is 4.74 Å². The van der Waals surface area contributed by atoms with Crippen LogP contribution in [0.2, 0.25) is 0 Å². The van der Waals surface area contributed by atoms with Gasteiger partial charge in [0.1, 0.15) is 0 Å². The molecule has 0 aromatic rings. The molecule has 0 amide bonds. The van der Waals surface area contributed by atoms with Crippen LogP contribution in [0.5, 0.6) is 0 Å². The first-order chi connectivity index (χ1) is 7.53. The van der Waals surface area contributed by atoms with E-state index in [0.29, 0.717) is 10.8 Å². The fourth-order valence-electron chi connectivity index (χ4n) is 1.76. The number of ether oxygens (including phenoxy) is 1. The molecule has 94 valence electrons. The molecule has 0 N–H and O–H groups in total. The second kappa shape index (κ2) is 6.50. The summed E-state index contributed by atoms with van der Waals surface area (Å²) in [6.45, 7) is 8.56. The third kappa shape index (κ3) is 5.21. The zero-order chi connectivity index (χ0) is 12.0. The maximum atomic E-state index is 5.20. The standard InChI is InChI=1S/C12H24N2OS/c1-12(2,3)16-9-7-13-14-8-5-6-11(14)10-15-4/h7,11H,5-6,8-10H2,1-4H3/b13-7+/t11-/m0/s1. The number of hydrogen-bond acceptors (Lipinski definition) is 4. The van der Waals surface area contributed by atoms with E-state index >= 15 is 0 Å². The summed E-state index contributed by atoms with van der Waals surface area (Å²) in [6, 6.07) is 0.487. The van der Waals surface area contributed by atoms with Crippen LogP contribution in [0, 0.1) is 0 Å². The lowest BCUT2D eigenvalue weighted by molar-refractivity contribution is 0.118. The molecule has 0 aliphatic carbocycles. The zero-order valence-electron chi connectivity index (χ0n) is 10.9. The van der Waals surface area contributed by atoms with E-state index in [4.69, 9.17) is 4.74 Å². The summed E-state index contributed by atoms with van der Waals surface area (Å²) >= 11 is 1.92. The van der Waals surface area contributed by atoms with Crippen molar-refractivity contribution in [3.8, 4) is 0 Å². The van der Waals surface area contributed by atoms with Crippen LogP contribution in [-0.4, -0.2) is 48.0 Å². The van der Waals surface area contributed by atoms with E-state index in [2.05, 4.69) is 30.9 Å². The summed E-state index contributed by atoms with van der Waals surface area (Å²) in [5.41, 5.74) is 0. The first-order valence-electron chi connectivity index (χ1n) is 5.95. The highest BCUT2D eigenvalue weighted by atomic mass is 32.2. The van der Waals surface area contributed by atoms with Crippen LogP contribution in [0.25, 0.3) is 0 Å². The van der Waals surface area contributed by atoms with Crippen molar-refractivity contribution in [3.63, 3.8) is 0 Å². The van der Waals surface area contributed by atoms with E-state index in [-0.39, 0.29) is 0 Å². The molecule has 0 unspecified atom stereocenters. The molecule has 1 atom stereocenters. The van der Waals surface area contributed by atoms with Gasteiger partial charge in [0.2, 0.25) is 0 Å². The molecule has 0 spiro atoms. The van der Waals surface area contributed by atoms with Crippen LogP contribution >= 0.6 is 11.8 Å². The normalized spacial score (nSPS) is 22.2. The zero-order valence-corrected chi connectivity index (χ0v) is 11.7. The average Bonchev–Trinajstić information content (AvgIpc) is 2.60. The molecular weight excluding hydrogens is 220 g/mol. The summed E-state index contributed by atoms with van der Waals surface area (Å²) in [5.74, 6) is 0.986. The third-order valence-electron chi connectivity index (χ3n) is 2.53. The van der Waals surface area contributed by atoms with Crippen LogP contribution < -0.4 is 0 Å². The molecule has 1 rings (SSSR count). The largest absolute Gasteiger partial charge is 0.382 e. The summed E-state index contributed by atoms with van der Waals surface area (Å²) in [7, 11) is 1.76. The predicted molar refractivity (Wildman–Crippen MR) is 72.3 cm³/mol. The minimum atomic E-state index is 0.322. The SMILES string of the molecule is COC[C@@H]1CCCN1/N=C/CSC(C)(C)C. The van der Waals surface area contributed by atoms with E-state index in [1.807, 2.05) is 18.0 Å². The maximum absolute atomic E-state index is 5.20. The molecular formula is C12H24N2OS. The van der Waals surface area contributed by atoms with E-state index in [1.54, 1.807) is 7.11 Å². The Hall–Kier alpha value is -0.220. The Morgan fingerprint density at radius 2 is 2.25 bits per heavy atom. The van der Waals surface area contributed by atoms with E-state index < -0.39 is 0 Å². The predicted octanol–water partition coefficient (Wildman–Crippen LogP) is 2.61. The van der Waals surface area contributed by atoms with Crippen molar-refractivity contribution in [2.75, 3.05) is 26.0 Å². The van der Waals surface area contributed by atoms with Crippen LogP contribution in [-0.2, 0) is 4.74 Å². The lowest BCUT2D eigenvalue weighted by atomic mass is 10.2. The third-order valence-corrected chi connectivity index (χ3v) is 3.71. The summed E-state index contributed by atoms with van der Waals surface area (Å²) in [5, 5.41) is 6.71. The van der Waals surface area contributed by atoms with Gasteiger partial charge in [-0.2, -0.15) is 16.9 Å². The highest BCUT2D eigenvalue weighted by molar-refractivity contribution is 8.01. The Labute approximate surface area is 104 Å². The molecule has 16 heavy (non-hydrogen) atoms. The number of rotatable bonds is 5. The highest BCUT2D eigenvalue weighted by Crippen LogP contribution is 2.22. The van der Waals surface area contributed by atoms with Crippen LogP contribution in [0.3, 0.4) is 0 Å². The number of hydrazone groups is 1. The van der Waals surface area contributed by atoms with Gasteiger partial charge < -0.3 is 4.74 Å². The molecule has 0 radical (unpaired) electrons. The average molecular weight is 244 g/mol. The first-order valence-corrected chi connectivity index (χ1v) is 6.93. The van der Waals surface area contributed by atoms with Gasteiger partial charge >= 0.3 is 0 Å². The van der Waals surface area contributed by atoms with Crippen molar-refractivity contribution in [1.29, 1.82) is 0 Å². The number of hydrogen-bond donors (Lipinski definition) is 0. The quantitative estimate of drug-likeness (QED) is 0.695. The van der Waals surface area contributed by atoms with Crippen molar-refractivity contribution in [1.82, 2.24) is 5.01 Å². The topological polar surface area (TPSA) is 24.8 Å². The van der Waals surface area contributed by atoms with Crippen LogP contribution in [0.15, 0.2) is 5.10 Å². The Morgan fingerprint density at radius 1 is 1.50 bits per heavy atom. The molecule has 1 fully saturated rings. The van der Waals surface area contributed by atoms with Crippen molar-refractivity contribution in [3.05, 3.63) is 0 Å². The summed E-state index contributed by atoms with van der Waals surface area (Å²) in [6.07, 6.45) is 4.47. The van der Waals surface area contributed by atoms with Gasteiger partial charge in [-0.3, -0.25) is 5.01 Å². The molecule has 1 heterocycles. The molecule has 0 aromatic carbocycles. The fourth-order valence-corrected chi connectivity index (χ4v) is 2.40. The smallest absolute Gasteiger partial charge is 0.0704 e. The molecule has 3 nitrogen and oxygen atoms in total. The van der Waals surface area contributed by atoms with Gasteiger partial charge in [-0.25, -0.2) is 0 Å². The molecule has 1 aliphatic heterocycles. The second-order valence-corrected chi connectivity index (χ2v) is 6.98. The monoisotopic (exact) mass is 244 g/mol. The Morgan fingerprint density at radius 3 is 2.88 bits per heavy atom. The Bertz CT molecular complexity index is 226. The minimum Gasteiger partial charge on any atom is -0.382 e. The molecule has 1 aliphatic rings. The molecule has 0 bridgehead atoms. The van der Waals surface area contributed by atoms with Crippen molar-refractivity contribution in [2.45, 2.75) is 44.4 Å². The number of thioether (sulfide) groups is 1. The van der Waals surface area contributed by atoms with Crippen LogP contribution in [0.1, 0.15) is 33.6 Å². The van der Waals surface area contributed by atoms with E-state index in [9.17, 15) is 0 Å².